The normalized spacial score (nSPS) is 11.9. The molecule has 40 heavy (non-hydrogen) atoms. The van der Waals surface area contributed by atoms with Gasteiger partial charge < -0.3 is 28.8 Å². The van der Waals surface area contributed by atoms with Gasteiger partial charge in [0.1, 0.15) is 0 Å². The van der Waals surface area contributed by atoms with E-state index >= 15 is 0 Å². The second-order valence-electron chi connectivity index (χ2n) is 8.94. The van der Waals surface area contributed by atoms with Crippen molar-refractivity contribution in [3.63, 3.8) is 0 Å². The number of rotatable bonds is 13. The van der Waals surface area contributed by atoms with Gasteiger partial charge in [-0.05, 0) is 42.2 Å². The minimum atomic E-state index is -1.56. The molecule has 208 valence electrons. The lowest BCUT2D eigenvalue weighted by Crippen LogP contribution is -2.51. The summed E-state index contributed by atoms with van der Waals surface area (Å²) in [7, 11) is 4.63. The van der Waals surface area contributed by atoms with Crippen molar-refractivity contribution >= 4 is 5.97 Å². The summed E-state index contributed by atoms with van der Waals surface area (Å²) < 4.78 is 28.8. The van der Waals surface area contributed by atoms with Crippen LogP contribution < -0.4 is 18.9 Å². The SMILES string of the molecule is COc1ccc(CCOC(c2ccccc2)(c2ccccc2)C(Oc2ncc(C)c(OC)n2)C(=O)O)cc1OC. The standard InChI is InChI=1S/C31H32N2O7/c1-21-20-32-30(33-28(21)38-4)40-27(29(34)35)31(23-11-7-5-8-12-23,24-13-9-6-10-14-24)39-18-17-22-15-16-25(36-2)26(19-22)37-3/h5-16,19-20,27H,17-18H2,1-4H3,(H,34,35). The smallest absolute Gasteiger partial charge is 0.348 e. The highest BCUT2D eigenvalue weighted by Crippen LogP contribution is 2.40. The number of carbonyl (C=O) groups is 1. The molecule has 0 aliphatic rings. The molecular formula is C31H32N2O7. The van der Waals surface area contributed by atoms with Crippen molar-refractivity contribution in [2.45, 2.75) is 25.0 Å². The fourth-order valence-corrected chi connectivity index (χ4v) is 4.54. The number of carboxylic acid groups (broad SMARTS) is 1. The maximum atomic E-state index is 13.0. The molecule has 0 saturated heterocycles. The Morgan fingerprint density at radius 3 is 2.05 bits per heavy atom. The Kier molecular flexibility index (Phi) is 9.19. The average Bonchev–Trinajstić information content (AvgIpc) is 2.99. The summed E-state index contributed by atoms with van der Waals surface area (Å²) >= 11 is 0. The highest BCUT2D eigenvalue weighted by atomic mass is 16.6. The van der Waals surface area contributed by atoms with E-state index in [1.54, 1.807) is 21.1 Å². The van der Waals surface area contributed by atoms with E-state index in [0.717, 1.165) is 5.56 Å². The Balaban J connectivity index is 1.79. The molecule has 0 saturated carbocycles. The quantitative estimate of drug-likeness (QED) is 0.253. The molecule has 1 heterocycles. The van der Waals surface area contributed by atoms with E-state index in [2.05, 4.69) is 9.97 Å². The third-order valence-corrected chi connectivity index (χ3v) is 6.49. The molecular weight excluding hydrogens is 512 g/mol. The number of ether oxygens (including phenoxy) is 5. The van der Waals surface area contributed by atoms with E-state index in [0.29, 0.717) is 34.6 Å². The first kappa shape index (κ1) is 28.4. The van der Waals surface area contributed by atoms with E-state index in [4.69, 9.17) is 23.7 Å². The zero-order chi connectivity index (χ0) is 28.5. The van der Waals surface area contributed by atoms with Crippen molar-refractivity contribution in [1.29, 1.82) is 0 Å². The van der Waals surface area contributed by atoms with Crippen LogP contribution in [0.15, 0.2) is 85.1 Å². The third kappa shape index (κ3) is 6.00. The fourth-order valence-electron chi connectivity index (χ4n) is 4.54. The lowest BCUT2D eigenvalue weighted by atomic mass is 9.81. The summed E-state index contributed by atoms with van der Waals surface area (Å²) in [6.45, 7) is 1.94. The van der Waals surface area contributed by atoms with Crippen LogP contribution in [-0.4, -0.2) is 55.1 Å². The van der Waals surface area contributed by atoms with Gasteiger partial charge in [0.05, 0.1) is 27.9 Å². The number of hydrogen-bond acceptors (Lipinski definition) is 8. The average molecular weight is 545 g/mol. The molecule has 1 aromatic heterocycles. The minimum absolute atomic E-state index is 0.144. The fraction of sp³-hybridized carbons (Fsp3) is 0.258. The number of aromatic nitrogens is 2. The Bertz CT molecular complexity index is 1370. The monoisotopic (exact) mass is 544 g/mol. The van der Waals surface area contributed by atoms with E-state index < -0.39 is 17.7 Å². The molecule has 9 heteroatoms. The zero-order valence-corrected chi connectivity index (χ0v) is 22.9. The van der Waals surface area contributed by atoms with Crippen molar-refractivity contribution in [3.8, 4) is 23.4 Å². The highest BCUT2D eigenvalue weighted by molar-refractivity contribution is 5.76. The van der Waals surface area contributed by atoms with Crippen molar-refractivity contribution in [2.75, 3.05) is 27.9 Å². The highest BCUT2D eigenvalue weighted by Gasteiger charge is 2.50. The summed E-state index contributed by atoms with van der Waals surface area (Å²) in [6.07, 6.45) is 0.420. The van der Waals surface area contributed by atoms with Crippen LogP contribution in [0.25, 0.3) is 0 Å². The van der Waals surface area contributed by atoms with E-state index in [1.807, 2.05) is 78.9 Å². The Morgan fingerprint density at radius 1 is 0.875 bits per heavy atom. The first-order valence-corrected chi connectivity index (χ1v) is 12.7. The molecule has 0 amide bonds. The van der Waals surface area contributed by atoms with E-state index in [1.165, 1.54) is 13.3 Å². The van der Waals surface area contributed by atoms with Crippen LogP contribution in [0.1, 0.15) is 22.3 Å². The third-order valence-electron chi connectivity index (χ3n) is 6.49. The Labute approximate surface area is 233 Å². The number of benzene rings is 3. The predicted molar refractivity (Wildman–Crippen MR) is 148 cm³/mol. The Morgan fingerprint density at radius 2 is 1.50 bits per heavy atom. The van der Waals surface area contributed by atoms with Crippen molar-refractivity contribution in [3.05, 3.63) is 107 Å². The maximum absolute atomic E-state index is 13.0. The minimum Gasteiger partial charge on any atom is -0.493 e. The van der Waals surface area contributed by atoms with Gasteiger partial charge in [-0.15, -0.1) is 0 Å². The van der Waals surface area contributed by atoms with Gasteiger partial charge in [0.25, 0.3) is 0 Å². The van der Waals surface area contributed by atoms with Crippen LogP contribution in [0.2, 0.25) is 0 Å². The van der Waals surface area contributed by atoms with Crippen LogP contribution in [-0.2, 0) is 21.6 Å². The van der Waals surface area contributed by atoms with Crippen LogP contribution >= 0.6 is 0 Å². The van der Waals surface area contributed by atoms with Crippen LogP contribution in [0.3, 0.4) is 0 Å². The van der Waals surface area contributed by atoms with Crippen LogP contribution in [0.4, 0.5) is 0 Å². The number of hydrogen-bond donors (Lipinski definition) is 1. The summed E-state index contributed by atoms with van der Waals surface area (Å²) in [4.78, 5) is 21.5. The van der Waals surface area contributed by atoms with Crippen molar-refractivity contribution in [2.24, 2.45) is 0 Å². The molecule has 4 rings (SSSR count). The number of carboxylic acids is 1. The second-order valence-corrected chi connectivity index (χ2v) is 8.94. The van der Waals surface area contributed by atoms with Gasteiger partial charge in [-0.1, -0.05) is 66.7 Å². The van der Waals surface area contributed by atoms with Gasteiger partial charge in [-0.2, -0.15) is 4.98 Å². The first-order valence-electron chi connectivity index (χ1n) is 12.7. The first-order chi connectivity index (χ1) is 19.4. The van der Waals surface area contributed by atoms with Crippen LogP contribution in [0, 0.1) is 6.92 Å². The molecule has 0 bridgehead atoms. The van der Waals surface area contributed by atoms with Crippen molar-refractivity contribution in [1.82, 2.24) is 9.97 Å². The molecule has 0 aliphatic heterocycles. The van der Waals surface area contributed by atoms with Gasteiger partial charge in [-0.3, -0.25) is 0 Å². The molecule has 0 aliphatic carbocycles. The molecule has 1 N–H and O–H groups in total. The lowest BCUT2D eigenvalue weighted by Gasteiger charge is -2.39. The van der Waals surface area contributed by atoms with Crippen molar-refractivity contribution < 1.29 is 33.6 Å². The molecule has 0 radical (unpaired) electrons. The number of aliphatic carboxylic acids is 1. The van der Waals surface area contributed by atoms with E-state index in [9.17, 15) is 9.90 Å². The molecule has 1 atom stereocenters. The summed E-state index contributed by atoms with van der Waals surface area (Å²) in [5.41, 5.74) is 1.24. The molecule has 0 fully saturated rings. The lowest BCUT2D eigenvalue weighted by molar-refractivity contribution is -0.164. The molecule has 1 unspecified atom stereocenters. The zero-order valence-electron chi connectivity index (χ0n) is 22.9. The largest absolute Gasteiger partial charge is 0.493 e. The Hall–Kier alpha value is -4.63. The van der Waals surface area contributed by atoms with Gasteiger partial charge in [0.2, 0.25) is 12.0 Å². The number of aryl methyl sites for hydroxylation is 1. The summed E-state index contributed by atoms with van der Waals surface area (Å²) in [6, 6.07) is 23.8. The van der Waals surface area contributed by atoms with Gasteiger partial charge in [0.15, 0.2) is 17.1 Å². The maximum Gasteiger partial charge on any atom is 0.348 e. The predicted octanol–water partition coefficient (Wildman–Crippen LogP) is 4.85. The van der Waals surface area contributed by atoms with Gasteiger partial charge in [-0.25, -0.2) is 9.78 Å². The van der Waals surface area contributed by atoms with E-state index in [-0.39, 0.29) is 18.5 Å². The van der Waals surface area contributed by atoms with Gasteiger partial charge >= 0.3 is 12.0 Å². The topological polar surface area (TPSA) is 109 Å². The summed E-state index contributed by atoms with van der Waals surface area (Å²) in [5.74, 6) is 0.244. The summed E-state index contributed by atoms with van der Waals surface area (Å²) in [5, 5.41) is 10.6. The molecule has 3 aromatic carbocycles. The second kappa shape index (κ2) is 12.9. The molecule has 4 aromatic rings. The molecule has 0 spiro atoms. The number of nitrogens with zero attached hydrogens (tertiary/aromatic N) is 2. The number of methoxy groups -OCH3 is 3. The van der Waals surface area contributed by atoms with Gasteiger partial charge in [0, 0.05) is 11.8 Å². The van der Waals surface area contributed by atoms with Crippen LogP contribution in [0.5, 0.6) is 23.4 Å². The molecule has 9 nitrogen and oxygen atoms in total.